The number of halogens is 2. The topological polar surface area (TPSA) is 80.2 Å². The highest BCUT2D eigenvalue weighted by molar-refractivity contribution is 9.10. The van der Waals surface area contributed by atoms with Crippen LogP contribution in [0.25, 0.3) is 0 Å². The molecule has 1 heterocycles. The molecule has 0 saturated heterocycles. The van der Waals surface area contributed by atoms with E-state index in [1.807, 2.05) is 78.9 Å². The van der Waals surface area contributed by atoms with Gasteiger partial charge in [0.05, 0.1) is 6.61 Å². The summed E-state index contributed by atoms with van der Waals surface area (Å²) in [5.41, 5.74) is 2.09. The first-order chi connectivity index (χ1) is 20.5. The van der Waals surface area contributed by atoms with Crippen LogP contribution in [0.15, 0.2) is 113 Å². The lowest BCUT2D eigenvalue weighted by Gasteiger charge is -2.31. The Bertz CT molecular complexity index is 1510. The minimum atomic E-state index is -1.31. The van der Waals surface area contributed by atoms with Gasteiger partial charge in [0, 0.05) is 41.6 Å². The molecule has 0 aromatic heterocycles. The third-order valence-electron chi connectivity index (χ3n) is 7.15. The Morgan fingerprint density at radius 1 is 0.952 bits per heavy atom. The predicted octanol–water partition coefficient (Wildman–Crippen LogP) is 6.21. The van der Waals surface area contributed by atoms with E-state index in [0.29, 0.717) is 44.1 Å². The van der Waals surface area contributed by atoms with E-state index < -0.39 is 11.6 Å². The molecule has 5 rings (SSSR count). The molecule has 4 aromatic rings. The Morgan fingerprint density at radius 2 is 1.67 bits per heavy atom. The van der Waals surface area contributed by atoms with Crippen LogP contribution in [0.1, 0.15) is 34.8 Å². The zero-order valence-electron chi connectivity index (χ0n) is 23.0. The second-order valence-electron chi connectivity index (χ2n) is 10.1. The molecule has 0 fully saturated rings. The Balaban J connectivity index is 1.50. The Morgan fingerprint density at radius 3 is 2.38 bits per heavy atom. The van der Waals surface area contributed by atoms with Gasteiger partial charge in [-0.3, -0.25) is 4.79 Å². The first kappa shape index (κ1) is 29.5. The number of ether oxygens (including phenoxy) is 2. The average Bonchev–Trinajstić information content (AvgIpc) is 3.39. The Hall–Kier alpha value is -4.01. The molecular weight excluding hydrogens is 599 g/mol. The number of amides is 1. The van der Waals surface area contributed by atoms with E-state index in [0.717, 1.165) is 26.7 Å². The van der Waals surface area contributed by atoms with Gasteiger partial charge in [-0.15, -0.1) is 0 Å². The molecule has 6 nitrogen and oxygen atoms in total. The van der Waals surface area contributed by atoms with Crippen LogP contribution in [-0.2, 0) is 22.4 Å². The van der Waals surface area contributed by atoms with Gasteiger partial charge in [-0.1, -0.05) is 76.6 Å². The molecule has 1 aliphatic heterocycles. The highest BCUT2D eigenvalue weighted by atomic mass is 79.9. The fourth-order valence-corrected chi connectivity index (χ4v) is 5.47. The average molecular weight is 632 g/mol. The van der Waals surface area contributed by atoms with Gasteiger partial charge >= 0.3 is 0 Å². The van der Waals surface area contributed by atoms with E-state index in [2.05, 4.69) is 21.2 Å². The van der Waals surface area contributed by atoms with Gasteiger partial charge in [0.1, 0.15) is 11.6 Å². The lowest BCUT2D eigenvalue weighted by atomic mass is 9.82. The van der Waals surface area contributed by atoms with E-state index in [9.17, 15) is 9.18 Å². The van der Waals surface area contributed by atoms with Crippen LogP contribution in [0.4, 0.5) is 4.39 Å². The number of aliphatic imine (C=N–C) groups is 1. The Labute approximate surface area is 253 Å². The van der Waals surface area contributed by atoms with Gasteiger partial charge < -0.3 is 19.9 Å². The summed E-state index contributed by atoms with van der Waals surface area (Å²) >= 11 is 3.67. The van der Waals surface area contributed by atoms with Gasteiger partial charge in [-0.2, -0.15) is 0 Å². The van der Waals surface area contributed by atoms with Crippen molar-refractivity contribution in [2.45, 2.75) is 30.9 Å². The highest BCUT2D eigenvalue weighted by Gasteiger charge is 2.53. The van der Waals surface area contributed by atoms with Gasteiger partial charge in [-0.25, -0.2) is 9.38 Å². The summed E-state index contributed by atoms with van der Waals surface area (Å²) in [6.07, 6.45) is 0.689. The maximum atomic E-state index is 14.3. The lowest BCUT2D eigenvalue weighted by Crippen LogP contribution is -2.50. The standard InChI is InChI=1S/C34H32BrFN2O4/c35-30-10-5-4-9-29(30)31-34(23-25-7-2-1-3-8-25,33(40)37-20-19-24-11-15-27(36)16-12-24)38-32(42-31)26-13-17-28(18-14-26)41-22-6-21-39/h1-5,7-18,31,39H,6,19-23H2,(H,37,40)/t31-,34-/m1/s1. The van der Waals surface area contributed by atoms with Crippen molar-refractivity contribution in [2.75, 3.05) is 19.8 Å². The third-order valence-corrected chi connectivity index (χ3v) is 7.87. The van der Waals surface area contributed by atoms with Crippen molar-refractivity contribution in [2.24, 2.45) is 4.99 Å². The second kappa shape index (κ2) is 13.8. The molecule has 2 atom stereocenters. The third kappa shape index (κ3) is 6.89. The molecule has 0 unspecified atom stereocenters. The van der Waals surface area contributed by atoms with Crippen molar-refractivity contribution in [3.63, 3.8) is 0 Å². The fraction of sp³-hybridized carbons (Fsp3) is 0.235. The number of carbonyl (C=O) groups excluding carboxylic acids is 1. The molecule has 1 aliphatic rings. The van der Waals surface area contributed by atoms with Crippen molar-refractivity contribution in [1.29, 1.82) is 0 Å². The number of aliphatic hydroxyl groups is 1. The van der Waals surface area contributed by atoms with Crippen molar-refractivity contribution in [3.8, 4) is 5.75 Å². The molecule has 216 valence electrons. The summed E-state index contributed by atoms with van der Waals surface area (Å²) in [5.74, 6) is 0.480. The highest BCUT2D eigenvalue weighted by Crippen LogP contribution is 2.44. The summed E-state index contributed by atoms with van der Waals surface area (Å²) in [6, 6.07) is 31.1. The summed E-state index contributed by atoms with van der Waals surface area (Å²) in [6.45, 7) is 0.832. The number of carbonyl (C=O) groups is 1. The van der Waals surface area contributed by atoms with Crippen LogP contribution < -0.4 is 10.1 Å². The second-order valence-corrected chi connectivity index (χ2v) is 11.0. The molecule has 2 N–H and O–H groups in total. The number of hydrogen-bond acceptors (Lipinski definition) is 5. The van der Waals surface area contributed by atoms with E-state index in [4.69, 9.17) is 19.6 Å². The van der Waals surface area contributed by atoms with Crippen LogP contribution in [-0.4, -0.2) is 42.2 Å². The van der Waals surface area contributed by atoms with E-state index in [1.165, 1.54) is 12.1 Å². The quantitative estimate of drug-likeness (QED) is 0.182. The molecule has 0 saturated carbocycles. The predicted molar refractivity (Wildman–Crippen MR) is 164 cm³/mol. The summed E-state index contributed by atoms with van der Waals surface area (Å²) < 4.78 is 26.5. The van der Waals surface area contributed by atoms with Crippen LogP contribution in [0.5, 0.6) is 5.75 Å². The molecule has 0 radical (unpaired) electrons. The van der Waals surface area contributed by atoms with E-state index in [-0.39, 0.29) is 18.3 Å². The van der Waals surface area contributed by atoms with E-state index in [1.54, 1.807) is 12.1 Å². The molecule has 0 bridgehead atoms. The molecule has 42 heavy (non-hydrogen) atoms. The molecule has 1 amide bonds. The van der Waals surface area contributed by atoms with Crippen molar-refractivity contribution >= 4 is 27.7 Å². The first-order valence-electron chi connectivity index (χ1n) is 13.9. The van der Waals surface area contributed by atoms with Crippen molar-refractivity contribution < 1.29 is 23.8 Å². The minimum absolute atomic E-state index is 0.0641. The Kier molecular flexibility index (Phi) is 9.66. The monoisotopic (exact) mass is 630 g/mol. The first-order valence-corrected chi connectivity index (χ1v) is 14.7. The maximum Gasteiger partial charge on any atom is 0.252 e. The number of aliphatic hydroxyl groups excluding tert-OH is 1. The zero-order chi connectivity index (χ0) is 29.4. The van der Waals surface area contributed by atoms with Crippen LogP contribution in [0.2, 0.25) is 0 Å². The minimum Gasteiger partial charge on any atom is -0.494 e. The van der Waals surface area contributed by atoms with E-state index >= 15 is 0 Å². The van der Waals surface area contributed by atoms with Gasteiger partial charge in [-0.05, 0) is 60.0 Å². The SMILES string of the molecule is O=C(NCCc1ccc(F)cc1)[C@]1(Cc2ccccc2)N=C(c2ccc(OCCCO)cc2)O[C@@H]1c1ccccc1Br. The van der Waals surface area contributed by atoms with Crippen molar-refractivity contribution in [3.05, 3.63) is 136 Å². The fourth-order valence-electron chi connectivity index (χ4n) is 4.98. The van der Waals surface area contributed by atoms with Crippen LogP contribution in [0, 0.1) is 5.82 Å². The largest absolute Gasteiger partial charge is 0.494 e. The number of nitrogens with zero attached hydrogens (tertiary/aromatic N) is 1. The normalized spacial score (nSPS) is 17.8. The van der Waals surface area contributed by atoms with Gasteiger partial charge in [0.2, 0.25) is 5.90 Å². The number of benzene rings is 4. The summed E-state index contributed by atoms with van der Waals surface area (Å²) in [5, 5.41) is 12.1. The summed E-state index contributed by atoms with van der Waals surface area (Å²) in [4.78, 5) is 19.3. The van der Waals surface area contributed by atoms with Gasteiger partial charge in [0.25, 0.3) is 5.91 Å². The van der Waals surface area contributed by atoms with Gasteiger partial charge in [0.15, 0.2) is 11.6 Å². The van der Waals surface area contributed by atoms with Crippen molar-refractivity contribution in [1.82, 2.24) is 5.32 Å². The molecule has 4 aromatic carbocycles. The maximum absolute atomic E-state index is 14.3. The zero-order valence-corrected chi connectivity index (χ0v) is 24.6. The molecule has 0 spiro atoms. The van der Waals surface area contributed by atoms with Crippen LogP contribution >= 0.6 is 15.9 Å². The molecule has 0 aliphatic carbocycles. The molecule has 8 heteroatoms. The summed E-state index contributed by atoms with van der Waals surface area (Å²) in [7, 11) is 0. The number of nitrogens with one attached hydrogen (secondary N) is 1. The smallest absolute Gasteiger partial charge is 0.252 e. The molecular formula is C34H32BrFN2O4. The lowest BCUT2D eigenvalue weighted by molar-refractivity contribution is -0.128. The number of hydrogen-bond donors (Lipinski definition) is 2. The van der Waals surface area contributed by atoms with Crippen LogP contribution in [0.3, 0.4) is 0 Å². The number of rotatable bonds is 12.